The Hall–Kier alpha value is -3.36. The number of ether oxygens (including phenoxy) is 2. The first-order valence-corrected chi connectivity index (χ1v) is 8.21. The van der Waals surface area contributed by atoms with Crippen molar-refractivity contribution in [2.75, 3.05) is 6.61 Å². The fourth-order valence-corrected chi connectivity index (χ4v) is 2.52. The molecule has 0 saturated carbocycles. The molecule has 0 radical (unpaired) electrons. The molecule has 2 aromatic heterocycles. The molecule has 0 spiro atoms. The lowest BCUT2D eigenvalue weighted by Crippen LogP contribution is -2.24. The normalized spacial score (nSPS) is 12.6. The van der Waals surface area contributed by atoms with Gasteiger partial charge in [-0.3, -0.25) is 4.79 Å². The van der Waals surface area contributed by atoms with Crippen molar-refractivity contribution in [3.63, 3.8) is 0 Å². The number of para-hydroxylation sites is 1. The second-order valence-electron chi connectivity index (χ2n) is 5.95. The number of hydrogen-bond donors (Lipinski definition) is 1. The fraction of sp³-hybridized carbons (Fsp3) is 0.211. The van der Waals surface area contributed by atoms with Gasteiger partial charge >= 0.3 is 12.1 Å². The maximum absolute atomic E-state index is 12.6. The van der Waals surface area contributed by atoms with Gasteiger partial charge in [-0.2, -0.15) is 13.2 Å². The summed E-state index contributed by atoms with van der Waals surface area (Å²) in [5, 5.41) is 0.711. The lowest BCUT2D eigenvalue weighted by atomic mass is 10.1. The largest absolute Gasteiger partial charge is 0.468 e. The van der Waals surface area contributed by atoms with Crippen LogP contribution in [-0.4, -0.2) is 40.6 Å². The molecule has 3 aromatic rings. The van der Waals surface area contributed by atoms with Crippen molar-refractivity contribution in [2.45, 2.75) is 19.2 Å². The van der Waals surface area contributed by atoms with Gasteiger partial charge in [0.15, 0.2) is 12.7 Å². The van der Waals surface area contributed by atoms with Gasteiger partial charge in [0.1, 0.15) is 0 Å². The highest BCUT2D eigenvalue weighted by molar-refractivity contribution is 6.10. The molecule has 146 valence electrons. The van der Waals surface area contributed by atoms with Gasteiger partial charge in [0, 0.05) is 34.9 Å². The van der Waals surface area contributed by atoms with E-state index in [4.69, 9.17) is 4.74 Å². The van der Waals surface area contributed by atoms with Gasteiger partial charge in [-0.15, -0.1) is 0 Å². The number of benzene rings is 1. The van der Waals surface area contributed by atoms with E-state index in [0.29, 0.717) is 10.9 Å². The number of ketones is 1. The van der Waals surface area contributed by atoms with E-state index in [2.05, 4.69) is 14.7 Å². The second-order valence-corrected chi connectivity index (χ2v) is 5.95. The van der Waals surface area contributed by atoms with E-state index in [-0.39, 0.29) is 17.2 Å². The van der Waals surface area contributed by atoms with Gasteiger partial charge in [0.25, 0.3) is 0 Å². The first-order chi connectivity index (χ1) is 13.2. The number of H-pyrrole nitrogens is 1. The van der Waals surface area contributed by atoms with Crippen LogP contribution >= 0.6 is 0 Å². The Morgan fingerprint density at radius 2 is 1.93 bits per heavy atom. The van der Waals surface area contributed by atoms with Crippen molar-refractivity contribution in [2.24, 2.45) is 0 Å². The molecule has 2 heterocycles. The summed E-state index contributed by atoms with van der Waals surface area (Å²) in [6.45, 7) is -0.0454. The Morgan fingerprint density at radius 3 is 2.61 bits per heavy atom. The second kappa shape index (κ2) is 7.71. The van der Waals surface area contributed by atoms with E-state index in [0.717, 1.165) is 17.8 Å². The average Bonchev–Trinajstić information content (AvgIpc) is 3.09. The van der Waals surface area contributed by atoms with Gasteiger partial charge in [-0.25, -0.2) is 9.78 Å². The molecule has 0 bridgehead atoms. The van der Waals surface area contributed by atoms with Crippen molar-refractivity contribution < 1.29 is 32.2 Å². The number of carbonyl (C=O) groups is 2. The molecule has 0 aliphatic rings. The number of rotatable bonds is 6. The zero-order chi connectivity index (χ0) is 20.3. The zero-order valence-corrected chi connectivity index (χ0v) is 14.6. The van der Waals surface area contributed by atoms with Crippen molar-refractivity contribution in [3.05, 3.63) is 59.9 Å². The molecule has 9 heteroatoms. The molecule has 0 aliphatic carbocycles. The summed E-state index contributed by atoms with van der Waals surface area (Å²) in [6, 6.07) is 9.54. The average molecular weight is 392 g/mol. The summed E-state index contributed by atoms with van der Waals surface area (Å²) >= 11 is 0. The van der Waals surface area contributed by atoms with Crippen LogP contribution in [0.1, 0.15) is 27.6 Å². The van der Waals surface area contributed by atoms with Gasteiger partial charge in [-0.1, -0.05) is 18.2 Å². The standard InChI is InChI=1S/C19H15F3N2O4/c1-11(17(25)14-9-23-15-5-3-2-4-13(14)15)28-18(26)12-6-7-16(24-8-12)27-10-19(20,21)22/h2-9,11,23H,10H2,1H3. The number of aromatic nitrogens is 2. The molecule has 3 rings (SSSR count). The summed E-state index contributed by atoms with van der Waals surface area (Å²) in [7, 11) is 0. The number of nitrogens with one attached hydrogen (secondary N) is 1. The van der Waals surface area contributed by atoms with E-state index < -0.39 is 24.9 Å². The van der Waals surface area contributed by atoms with Gasteiger partial charge in [0.05, 0.1) is 5.56 Å². The molecule has 1 atom stereocenters. The number of nitrogens with zero attached hydrogens (tertiary/aromatic N) is 1. The number of hydrogen-bond acceptors (Lipinski definition) is 5. The third-order valence-corrected chi connectivity index (χ3v) is 3.86. The number of halogens is 3. The minimum absolute atomic E-state index is 0.0158. The van der Waals surface area contributed by atoms with Crippen LogP contribution in [0.25, 0.3) is 10.9 Å². The van der Waals surface area contributed by atoms with E-state index in [1.54, 1.807) is 18.3 Å². The molecule has 1 N–H and O–H groups in total. The highest BCUT2D eigenvalue weighted by Crippen LogP contribution is 2.21. The lowest BCUT2D eigenvalue weighted by Gasteiger charge is -2.12. The maximum Gasteiger partial charge on any atom is 0.422 e. The highest BCUT2D eigenvalue weighted by atomic mass is 19.4. The van der Waals surface area contributed by atoms with E-state index in [9.17, 15) is 22.8 Å². The topological polar surface area (TPSA) is 81.3 Å². The van der Waals surface area contributed by atoms with Gasteiger partial charge in [-0.05, 0) is 19.1 Å². The van der Waals surface area contributed by atoms with Crippen LogP contribution in [0, 0.1) is 0 Å². The summed E-state index contributed by atoms with van der Waals surface area (Å²) in [6.07, 6.45) is -2.98. The van der Waals surface area contributed by atoms with Gasteiger partial charge < -0.3 is 14.5 Å². The Labute approximate surface area is 157 Å². The Morgan fingerprint density at radius 1 is 1.18 bits per heavy atom. The molecule has 6 nitrogen and oxygen atoms in total. The first-order valence-electron chi connectivity index (χ1n) is 8.21. The predicted octanol–water partition coefficient (Wildman–Crippen LogP) is 3.93. The molecule has 0 amide bonds. The highest BCUT2D eigenvalue weighted by Gasteiger charge is 2.28. The number of alkyl halides is 3. The molecular weight excluding hydrogens is 377 g/mol. The van der Waals surface area contributed by atoms with Crippen LogP contribution in [0.2, 0.25) is 0 Å². The third-order valence-electron chi connectivity index (χ3n) is 3.86. The molecule has 0 saturated heterocycles. The number of fused-ring (bicyclic) bond motifs is 1. The molecule has 1 unspecified atom stereocenters. The molecule has 0 aliphatic heterocycles. The number of Topliss-reactive ketones (excluding diaryl/α,β-unsaturated/α-hetero) is 1. The minimum Gasteiger partial charge on any atom is -0.468 e. The van der Waals surface area contributed by atoms with Gasteiger partial charge in [0.2, 0.25) is 11.7 Å². The Balaban J connectivity index is 1.64. The molecular formula is C19H15F3N2O4. The quantitative estimate of drug-likeness (QED) is 0.508. The fourth-order valence-electron chi connectivity index (χ4n) is 2.52. The summed E-state index contributed by atoms with van der Waals surface area (Å²) in [5.41, 5.74) is 1.16. The third kappa shape index (κ3) is 4.48. The minimum atomic E-state index is -4.49. The summed E-state index contributed by atoms with van der Waals surface area (Å²) in [4.78, 5) is 31.4. The summed E-state index contributed by atoms with van der Waals surface area (Å²) in [5.74, 6) is -1.49. The van der Waals surface area contributed by atoms with Crippen LogP contribution in [-0.2, 0) is 4.74 Å². The number of pyridine rings is 1. The van der Waals surface area contributed by atoms with Crippen molar-refractivity contribution in [1.82, 2.24) is 9.97 Å². The van der Waals surface area contributed by atoms with Crippen LogP contribution in [0.15, 0.2) is 48.8 Å². The zero-order valence-electron chi connectivity index (χ0n) is 14.6. The van der Waals surface area contributed by atoms with Crippen molar-refractivity contribution in [3.8, 4) is 5.88 Å². The Kier molecular flexibility index (Phi) is 5.34. The van der Waals surface area contributed by atoms with Crippen LogP contribution in [0.5, 0.6) is 5.88 Å². The monoisotopic (exact) mass is 392 g/mol. The van der Waals surface area contributed by atoms with E-state index in [1.807, 2.05) is 12.1 Å². The van der Waals surface area contributed by atoms with E-state index >= 15 is 0 Å². The molecule has 1 aromatic carbocycles. The van der Waals surface area contributed by atoms with Crippen molar-refractivity contribution in [1.29, 1.82) is 0 Å². The van der Waals surface area contributed by atoms with Crippen LogP contribution in [0.4, 0.5) is 13.2 Å². The van der Waals surface area contributed by atoms with Crippen LogP contribution in [0.3, 0.4) is 0 Å². The number of aromatic amines is 1. The predicted molar refractivity (Wildman–Crippen MR) is 93.3 cm³/mol. The SMILES string of the molecule is CC(OC(=O)c1ccc(OCC(F)(F)F)nc1)C(=O)c1c[nH]c2ccccc12. The van der Waals surface area contributed by atoms with Crippen LogP contribution < -0.4 is 4.74 Å². The van der Waals surface area contributed by atoms with Crippen molar-refractivity contribution >= 4 is 22.7 Å². The number of carbonyl (C=O) groups excluding carboxylic acids is 2. The Bertz CT molecular complexity index is 996. The molecule has 28 heavy (non-hydrogen) atoms. The smallest absolute Gasteiger partial charge is 0.422 e. The number of esters is 1. The molecule has 0 fully saturated rings. The first kappa shape index (κ1) is 19.4. The lowest BCUT2D eigenvalue weighted by molar-refractivity contribution is -0.154. The maximum atomic E-state index is 12.6. The summed E-state index contributed by atoms with van der Waals surface area (Å²) < 4.78 is 46.0. The van der Waals surface area contributed by atoms with E-state index in [1.165, 1.54) is 13.0 Å².